The molecule has 1 atom stereocenters. The molecule has 3 N–H and O–H groups in total. The van der Waals surface area contributed by atoms with Crippen LogP contribution < -0.4 is 11.1 Å². The number of rotatable bonds is 5. The van der Waals surface area contributed by atoms with Crippen LogP contribution in [0.5, 0.6) is 0 Å². The van der Waals surface area contributed by atoms with Crippen LogP contribution in [0.2, 0.25) is 0 Å². The van der Waals surface area contributed by atoms with Gasteiger partial charge in [0.15, 0.2) is 0 Å². The summed E-state index contributed by atoms with van der Waals surface area (Å²) in [5.74, 6) is -0.116. The summed E-state index contributed by atoms with van der Waals surface area (Å²) in [6, 6.07) is 1.82. The van der Waals surface area contributed by atoms with E-state index in [0.717, 1.165) is 18.5 Å². The summed E-state index contributed by atoms with van der Waals surface area (Å²) in [6.45, 7) is 6.39. The van der Waals surface area contributed by atoms with Gasteiger partial charge in [0.1, 0.15) is 5.69 Å². The fourth-order valence-electron chi connectivity index (χ4n) is 1.53. The Balaban J connectivity index is 2.86. The van der Waals surface area contributed by atoms with Gasteiger partial charge in [-0.2, -0.15) is 5.10 Å². The SMILES string of the molecule is CCc1cc(C(=O)NC(C)(CC)CN)n(C)n1. The molecule has 0 spiro atoms. The van der Waals surface area contributed by atoms with E-state index in [0.29, 0.717) is 12.2 Å². The number of hydrogen-bond donors (Lipinski definition) is 2. The van der Waals surface area contributed by atoms with Crippen molar-refractivity contribution in [1.82, 2.24) is 15.1 Å². The third-order valence-electron chi connectivity index (χ3n) is 3.17. The van der Waals surface area contributed by atoms with Gasteiger partial charge in [-0.05, 0) is 25.8 Å². The Hall–Kier alpha value is -1.36. The van der Waals surface area contributed by atoms with E-state index in [4.69, 9.17) is 5.73 Å². The summed E-state index contributed by atoms with van der Waals surface area (Å²) in [5, 5.41) is 7.22. The number of carbonyl (C=O) groups is 1. The molecule has 5 heteroatoms. The number of aromatic nitrogens is 2. The third-order valence-corrected chi connectivity index (χ3v) is 3.17. The van der Waals surface area contributed by atoms with Crippen LogP contribution in [0.4, 0.5) is 0 Å². The van der Waals surface area contributed by atoms with Crippen molar-refractivity contribution < 1.29 is 4.79 Å². The maximum atomic E-state index is 12.1. The Labute approximate surface area is 102 Å². The molecule has 0 bridgehead atoms. The highest BCUT2D eigenvalue weighted by atomic mass is 16.2. The van der Waals surface area contributed by atoms with Gasteiger partial charge in [0.25, 0.3) is 5.91 Å². The van der Waals surface area contributed by atoms with E-state index in [1.54, 1.807) is 11.7 Å². The molecular formula is C12H22N4O. The number of carbonyl (C=O) groups excluding carboxylic acids is 1. The first-order valence-corrected chi connectivity index (χ1v) is 6.01. The summed E-state index contributed by atoms with van der Waals surface area (Å²) >= 11 is 0. The van der Waals surface area contributed by atoms with Gasteiger partial charge in [-0.3, -0.25) is 9.48 Å². The Bertz CT molecular complexity index is 393. The molecule has 0 fully saturated rings. The highest BCUT2D eigenvalue weighted by Gasteiger charge is 2.24. The Kier molecular flexibility index (Phi) is 4.28. The maximum Gasteiger partial charge on any atom is 0.270 e. The molecule has 17 heavy (non-hydrogen) atoms. The smallest absolute Gasteiger partial charge is 0.270 e. The van der Waals surface area contributed by atoms with E-state index in [2.05, 4.69) is 10.4 Å². The second-order valence-corrected chi connectivity index (χ2v) is 4.57. The molecule has 1 amide bonds. The van der Waals surface area contributed by atoms with Crippen molar-refractivity contribution in [3.05, 3.63) is 17.5 Å². The number of aryl methyl sites for hydroxylation is 2. The fourth-order valence-corrected chi connectivity index (χ4v) is 1.53. The predicted octanol–water partition coefficient (Wildman–Crippen LogP) is 0.840. The minimum absolute atomic E-state index is 0.116. The van der Waals surface area contributed by atoms with Crippen molar-refractivity contribution in [1.29, 1.82) is 0 Å². The number of nitrogens with two attached hydrogens (primary N) is 1. The van der Waals surface area contributed by atoms with Crippen LogP contribution in [0, 0.1) is 0 Å². The number of amides is 1. The van der Waals surface area contributed by atoms with E-state index in [-0.39, 0.29) is 11.4 Å². The average Bonchev–Trinajstić information content (AvgIpc) is 2.70. The molecule has 0 aliphatic heterocycles. The summed E-state index contributed by atoms with van der Waals surface area (Å²) < 4.78 is 1.61. The lowest BCUT2D eigenvalue weighted by molar-refractivity contribution is 0.0897. The zero-order valence-electron chi connectivity index (χ0n) is 11.1. The van der Waals surface area contributed by atoms with Gasteiger partial charge in [-0.15, -0.1) is 0 Å². The summed E-state index contributed by atoms with van der Waals surface area (Å²) in [6.07, 6.45) is 1.62. The van der Waals surface area contributed by atoms with Crippen LogP contribution in [0.3, 0.4) is 0 Å². The van der Waals surface area contributed by atoms with Crippen molar-refractivity contribution >= 4 is 5.91 Å². The number of nitrogens with one attached hydrogen (secondary N) is 1. The van der Waals surface area contributed by atoms with Crippen molar-refractivity contribution in [3.8, 4) is 0 Å². The molecule has 5 nitrogen and oxygen atoms in total. The summed E-state index contributed by atoms with van der Waals surface area (Å²) in [5.41, 5.74) is 6.82. The normalized spacial score (nSPS) is 14.4. The lowest BCUT2D eigenvalue weighted by Crippen LogP contribution is -2.51. The third kappa shape index (κ3) is 3.06. The van der Waals surface area contributed by atoms with Crippen LogP contribution in [-0.2, 0) is 13.5 Å². The first-order chi connectivity index (χ1) is 7.95. The van der Waals surface area contributed by atoms with Gasteiger partial charge in [0.2, 0.25) is 0 Å². The summed E-state index contributed by atoms with van der Waals surface area (Å²) in [7, 11) is 1.78. The average molecular weight is 238 g/mol. The van der Waals surface area contributed by atoms with Gasteiger partial charge >= 0.3 is 0 Å². The quantitative estimate of drug-likeness (QED) is 0.798. The molecule has 1 rings (SSSR count). The molecule has 0 aliphatic rings. The van der Waals surface area contributed by atoms with Crippen molar-refractivity contribution in [2.24, 2.45) is 12.8 Å². The molecule has 1 heterocycles. The molecule has 96 valence electrons. The van der Waals surface area contributed by atoms with Crippen LogP contribution >= 0.6 is 0 Å². The van der Waals surface area contributed by atoms with Crippen molar-refractivity contribution in [3.63, 3.8) is 0 Å². The van der Waals surface area contributed by atoms with E-state index in [1.165, 1.54) is 0 Å². The van der Waals surface area contributed by atoms with Crippen LogP contribution in [0.25, 0.3) is 0 Å². The largest absolute Gasteiger partial charge is 0.344 e. The second kappa shape index (κ2) is 5.31. The first kappa shape index (κ1) is 13.7. The van der Waals surface area contributed by atoms with Crippen molar-refractivity contribution in [2.75, 3.05) is 6.54 Å². The Morgan fingerprint density at radius 2 is 2.24 bits per heavy atom. The van der Waals surface area contributed by atoms with Crippen LogP contribution in [0.15, 0.2) is 6.07 Å². The fraction of sp³-hybridized carbons (Fsp3) is 0.667. The lowest BCUT2D eigenvalue weighted by atomic mass is 9.99. The van der Waals surface area contributed by atoms with Gasteiger partial charge in [0.05, 0.1) is 5.69 Å². The number of hydrogen-bond acceptors (Lipinski definition) is 3. The molecule has 0 saturated heterocycles. The van der Waals surface area contributed by atoms with Gasteiger partial charge in [-0.25, -0.2) is 0 Å². The zero-order valence-corrected chi connectivity index (χ0v) is 11.1. The topological polar surface area (TPSA) is 72.9 Å². The molecule has 0 saturated carbocycles. The van der Waals surface area contributed by atoms with Crippen LogP contribution in [-0.4, -0.2) is 27.8 Å². The van der Waals surface area contributed by atoms with Gasteiger partial charge in [0, 0.05) is 19.1 Å². The lowest BCUT2D eigenvalue weighted by Gasteiger charge is -2.27. The zero-order chi connectivity index (χ0) is 13.1. The van der Waals surface area contributed by atoms with E-state index >= 15 is 0 Å². The second-order valence-electron chi connectivity index (χ2n) is 4.57. The Morgan fingerprint density at radius 1 is 1.59 bits per heavy atom. The molecule has 1 unspecified atom stereocenters. The maximum absolute atomic E-state index is 12.1. The van der Waals surface area contributed by atoms with E-state index in [9.17, 15) is 4.79 Å². The van der Waals surface area contributed by atoms with Gasteiger partial charge < -0.3 is 11.1 Å². The minimum atomic E-state index is -0.353. The monoisotopic (exact) mass is 238 g/mol. The molecule has 0 radical (unpaired) electrons. The van der Waals surface area contributed by atoms with Crippen molar-refractivity contribution in [2.45, 2.75) is 39.2 Å². The van der Waals surface area contributed by atoms with Crippen LogP contribution in [0.1, 0.15) is 43.4 Å². The molecule has 1 aromatic heterocycles. The van der Waals surface area contributed by atoms with E-state index < -0.39 is 0 Å². The molecule has 1 aromatic rings. The number of nitrogens with zero attached hydrogens (tertiary/aromatic N) is 2. The standard InChI is InChI=1S/C12H22N4O/c1-5-9-7-10(16(4)15-9)11(17)14-12(3,6-2)8-13/h7H,5-6,8,13H2,1-4H3,(H,14,17). The first-order valence-electron chi connectivity index (χ1n) is 6.01. The molecule has 0 aromatic carbocycles. The minimum Gasteiger partial charge on any atom is -0.344 e. The Morgan fingerprint density at radius 3 is 2.65 bits per heavy atom. The highest BCUT2D eigenvalue weighted by Crippen LogP contribution is 2.10. The summed E-state index contributed by atoms with van der Waals surface area (Å²) in [4.78, 5) is 12.1. The molecular weight excluding hydrogens is 216 g/mol. The molecule has 0 aliphatic carbocycles. The van der Waals surface area contributed by atoms with Gasteiger partial charge in [-0.1, -0.05) is 13.8 Å². The predicted molar refractivity (Wildman–Crippen MR) is 67.8 cm³/mol. The van der Waals surface area contributed by atoms with E-state index in [1.807, 2.05) is 26.8 Å². The highest BCUT2D eigenvalue weighted by molar-refractivity contribution is 5.93.